The molecule has 108 valence electrons. The predicted molar refractivity (Wildman–Crippen MR) is 75.4 cm³/mol. The van der Waals surface area contributed by atoms with Gasteiger partial charge in [-0.15, -0.1) is 0 Å². The van der Waals surface area contributed by atoms with Gasteiger partial charge in [0.15, 0.2) is 9.84 Å². The van der Waals surface area contributed by atoms with Crippen LogP contribution in [0.3, 0.4) is 0 Å². The van der Waals surface area contributed by atoms with Crippen LogP contribution in [0.2, 0.25) is 0 Å². The van der Waals surface area contributed by atoms with Crippen LogP contribution >= 0.6 is 0 Å². The van der Waals surface area contributed by atoms with Crippen LogP contribution in [0.5, 0.6) is 0 Å². The zero-order valence-corrected chi connectivity index (χ0v) is 11.8. The predicted octanol–water partition coefficient (Wildman–Crippen LogP) is 0.573. The number of nitrogens with zero attached hydrogens (tertiary/aromatic N) is 1. The highest BCUT2D eigenvalue weighted by atomic mass is 32.2. The van der Waals surface area contributed by atoms with Crippen LogP contribution in [0.1, 0.15) is 29.8 Å². The van der Waals surface area contributed by atoms with E-state index in [1.807, 2.05) is 6.07 Å². The molecule has 1 unspecified atom stereocenters. The van der Waals surface area contributed by atoms with E-state index >= 15 is 0 Å². The fourth-order valence-corrected chi connectivity index (χ4v) is 3.95. The summed E-state index contributed by atoms with van der Waals surface area (Å²) in [4.78, 5) is 16.1. The number of hydrogen-bond acceptors (Lipinski definition) is 5. The number of anilines is 1. The third-order valence-electron chi connectivity index (χ3n) is 3.51. The Balaban J connectivity index is 1.64. The summed E-state index contributed by atoms with van der Waals surface area (Å²) in [7, 11) is -2.99. The molecule has 0 aromatic carbocycles. The lowest BCUT2D eigenvalue weighted by molar-refractivity contribution is 0.0936. The van der Waals surface area contributed by atoms with Gasteiger partial charge >= 0.3 is 0 Å². The smallest absolute Gasteiger partial charge is 0.270 e. The lowest BCUT2D eigenvalue weighted by Gasteiger charge is -2.11. The van der Waals surface area contributed by atoms with Gasteiger partial charge in [-0.2, -0.15) is 0 Å². The van der Waals surface area contributed by atoms with Crippen LogP contribution in [-0.4, -0.2) is 42.9 Å². The normalized spacial score (nSPS) is 24.3. The van der Waals surface area contributed by atoms with E-state index in [9.17, 15) is 13.2 Å². The summed E-state index contributed by atoms with van der Waals surface area (Å²) in [5.74, 6) is -0.139. The molecule has 2 N–H and O–H groups in total. The minimum Gasteiger partial charge on any atom is -0.382 e. The number of aromatic nitrogens is 1. The molecule has 6 nitrogen and oxygen atoms in total. The lowest BCUT2D eigenvalue weighted by atomic mass is 10.2. The molecule has 1 aliphatic heterocycles. The number of carbonyl (C=O) groups excluding carboxylic acids is 1. The monoisotopic (exact) mass is 295 g/mol. The number of nitrogens with one attached hydrogen (secondary N) is 2. The number of amides is 1. The first kappa shape index (κ1) is 13.4. The van der Waals surface area contributed by atoms with Crippen molar-refractivity contribution >= 4 is 21.4 Å². The lowest BCUT2D eigenvalue weighted by Crippen LogP contribution is -2.36. The Morgan fingerprint density at radius 1 is 1.25 bits per heavy atom. The van der Waals surface area contributed by atoms with Gasteiger partial charge in [0.05, 0.1) is 11.5 Å². The first-order valence-electron chi connectivity index (χ1n) is 6.76. The summed E-state index contributed by atoms with van der Waals surface area (Å²) in [6.07, 6.45) is 4.38. The molecule has 2 heterocycles. The molecule has 1 aromatic heterocycles. The molecule has 20 heavy (non-hydrogen) atoms. The van der Waals surface area contributed by atoms with Crippen molar-refractivity contribution in [3.63, 3.8) is 0 Å². The van der Waals surface area contributed by atoms with Crippen LogP contribution in [-0.2, 0) is 9.84 Å². The molecular formula is C13H17N3O3S. The van der Waals surface area contributed by atoms with E-state index in [0.29, 0.717) is 18.2 Å². The summed E-state index contributed by atoms with van der Waals surface area (Å²) in [5.41, 5.74) is 1.20. The quantitative estimate of drug-likeness (QED) is 0.848. The number of sulfone groups is 1. The standard InChI is InChI=1S/C13H17N3O3S/c17-13(16-11-4-6-20(18,19)8-11)12-7-10(3-5-14-12)15-9-1-2-9/h3,5,7,9,11H,1-2,4,6,8H2,(H,14,15)(H,16,17). The van der Waals surface area contributed by atoms with Crippen molar-refractivity contribution in [3.05, 3.63) is 24.0 Å². The largest absolute Gasteiger partial charge is 0.382 e. The first-order valence-corrected chi connectivity index (χ1v) is 8.58. The molecular weight excluding hydrogens is 278 g/mol. The molecule has 3 rings (SSSR count). The number of pyridine rings is 1. The topological polar surface area (TPSA) is 88.2 Å². The molecule has 0 radical (unpaired) electrons. The Labute approximate surface area is 117 Å². The van der Waals surface area contributed by atoms with Gasteiger partial charge in [0.25, 0.3) is 5.91 Å². The first-order chi connectivity index (χ1) is 9.52. The summed E-state index contributed by atoms with van der Waals surface area (Å²) in [6, 6.07) is 3.74. The van der Waals surface area contributed by atoms with Crippen LogP contribution in [0, 0.1) is 0 Å². The highest BCUT2D eigenvalue weighted by molar-refractivity contribution is 7.91. The molecule has 7 heteroatoms. The molecule has 1 atom stereocenters. The molecule has 1 amide bonds. The van der Waals surface area contributed by atoms with Crippen molar-refractivity contribution < 1.29 is 13.2 Å². The second-order valence-electron chi connectivity index (χ2n) is 5.42. The molecule has 1 saturated carbocycles. The second-order valence-corrected chi connectivity index (χ2v) is 7.65. The van der Waals surface area contributed by atoms with E-state index in [2.05, 4.69) is 15.6 Å². The van der Waals surface area contributed by atoms with Crippen molar-refractivity contribution in [3.8, 4) is 0 Å². The van der Waals surface area contributed by atoms with Crippen LogP contribution < -0.4 is 10.6 Å². The SMILES string of the molecule is O=C(NC1CCS(=O)(=O)C1)c1cc(NC2CC2)ccn1. The third-order valence-corrected chi connectivity index (χ3v) is 5.28. The Morgan fingerprint density at radius 3 is 2.70 bits per heavy atom. The van der Waals surface area contributed by atoms with Gasteiger partial charge < -0.3 is 10.6 Å². The number of hydrogen-bond donors (Lipinski definition) is 2. The average Bonchev–Trinajstić information content (AvgIpc) is 3.14. The van der Waals surface area contributed by atoms with Gasteiger partial charge in [-0.05, 0) is 31.4 Å². The number of rotatable bonds is 4. The Kier molecular flexibility index (Phi) is 3.37. The fourth-order valence-electron chi connectivity index (χ4n) is 2.28. The molecule has 0 spiro atoms. The summed E-state index contributed by atoms with van der Waals surface area (Å²) in [6.45, 7) is 0. The zero-order valence-electron chi connectivity index (χ0n) is 11.0. The molecule has 1 aliphatic carbocycles. The van der Waals surface area contributed by atoms with Gasteiger partial charge in [0.2, 0.25) is 0 Å². The molecule has 2 aliphatic rings. The molecule has 1 aromatic rings. The highest BCUT2D eigenvalue weighted by Gasteiger charge is 2.29. The van der Waals surface area contributed by atoms with Gasteiger partial charge in [0.1, 0.15) is 5.69 Å². The number of carbonyl (C=O) groups is 1. The van der Waals surface area contributed by atoms with Crippen molar-refractivity contribution in [1.29, 1.82) is 0 Å². The van der Waals surface area contributed by atoms with Crippen LogP contribution in [0.15, 0.2) is 18.3 Å². The Hall–Kier alpha value is -1.63. The van der Waals surface area contributed by atoms with E-state index in [1.165, 1.54) is 0 Å². The Morgan fingerprint density at radius 2 is 2.05 bits per heavy atom. The van der Waals surface area contributed by atoms with Crippen LogP contribution in [0.4, 0.5) is 5.69 Å². The maximum atomic E-state index is 12.1. The third kappa shape index (κ3) is 3.27. The van der Waals surface area contributed by atoms with E-state index in [1.54, 1.807) is 12.3 Å². The minimum atomic E-state index is -2.99. The minimum absolute atomic E-state index is 0.0265. The second kappa shape index (κ2) is 5.05. The maximum Gasteiger partial charge on any atom is 0.270 e. The Bertz CT molecular complexity index is 626. The van der Waals surface area contributed by atoms with E-state index in [4.69, 9.17) is 0 Å². The molecule has 2 fully saturated rings. The maximum absolute atomic E-state index is 12.1. The highest BCUT2D eigenvalue weighted by Crippen LogP contribution is 2.24. The summed E-state index contributed by atoms with van der Waals surface area (Å²) in [5, 5.41) is 6.04. The van der Waals surface area contributed by atoms with Crippen molar-refractivity contribution in [2.45, 2.75) is 31.3 Å². The summed E-state index contributed by atoms with van der Waals surface area (Å²) >= 11 is 0. The van der Waals surface area contributed by atoms with Gasteiger partial charge in [-0.1, -0.05) is 0 Å². The van der Waals surface area contributed by atoms with E-state index in [0.717, 1.165) is 18.5 Å². The van der Waals surface area contributed by atoms with Crippen molar-refractivity contribution in [2.75, 3.05) is 16.8 Å². The van der Waals surface area contributed by atoms with E-state index in [-0.39, 0.29) is 23.5 Å². The zero-order chi connectivity index (χ0) is 14.2. The van der Waals surface area contributed by atoms with Crippen molar-refractivity contribution in [1.82, 2.24) is 10.3 Å². The fraction of sp³-hybridized carbons (Fsp3) is 0.538. The van der Waals surface area contributed by atoms with Gasteiger partial charge in [0, 0.05) is 24.0 Å². The molecule has 1 saturated heterocycles. The van der Waals surface area contributed by atoms with Crippen LogP contribution in [0.25, 0.3) is 0 Å². The average molecular weight is 295 g/mol. The summed E-state index contributed by atoms with van der Waals surface area (Å²) < 4.78 is 22.7. The van der Waals surface area contributed by atoms with Crippen molar-refractivity contribution in [2.24, 2.45) is 0 Å². The van der Waals surface area contributed by atoms with E-state index < -0.39 is 9.84 Å². The van der Waals surface area contributed by atoms with Gasteiger partial charge in [-0.25, -0.2) is 8.42 Å². The molecule has 0 bridgehead atoms. The van der Waals surface area contributed by atoms with Gasteiger partial charge in [-0.3, -0.25) is 9.78 Å².